The Bertz CT molecular complexity index is 551. The molecular weight excluding hydrogens is 276 g/mol. The molecule has 0 aliphatic carbocycles. The molecule has 0 aliphatic rings. The van der Waals surface area contributed by atoms with Crippen molar-refractivity contribution in [2.45, 2.75) is 32.1 Å². The third-order valence-electron chi connectivity index (χ3n) is 2.98. The maximum absolute atomic E-state index is 12.2. The van der Waals surface area contributed by atoms with Gasteiger partial charge in [-0.05, 0) is 38.5 Å². The molecule has 0 aliphatic heterocycles. The molecule has 0 heterocycles. The van der Waals surface area contributed by atoms with E-state index in [2.05, 4.69) is 4.72 Å². The molecule has 0 saturated carbocycles. The first-order valence-corrected chi connectivity index (χ1v) is 8.33. The smallest absolute Gasteiger partial charge is 0.253 e. The summed E-state index contributed by atoms with van der Waals surface area (Å²) < 4.78 is 26.6. The summed E-state index contributed by atoms with van der Waals surface area (Å²) in [7, 11) is -3.54. The van der Waals surface area contributed by atoms with Crippen LogP contribution in [0.5, 0.6) is 0 Å². The predicted molar refractivity (Wildman–Crippen MR) is 79.2 cm³/mol. The zero-order chi connectivity index (χ0) is 15.2. The molecule has 1 aromatic carbocycles. The minimum Gasteiger partial charge on any atom is -0.339 e. The molecular formula is C14H22N2O3S. The second-order valence-electron chi connectivity index (χ2n) is 4.40. The van der Waals surface area contributed by atoms with Crippen LogP contribution in [-0.4, -0.2) is 38.9 Å². The zero-order valence-corrected chi connectivity index (χ0v) is 13.0. The van der Waals surface area contributed by atoms with Crippen LogP contribution in [0.15, 0.2) is 29.2 Å². The molecule has 0 radical (unpaired) electrons. The molecule has 6 heteroatoms. The lowest BCUT2D eigenvalue weighted by Crippen LogP contribution is -2.31. The van der Waals surface area contributed by atoms with Crippen molar-refractivity contribution in [3.05, 3.63) is 29.8 Å². The van der Waals surface area contributed by atoms with Crippen LogP contribution < -0.4 is 4.72 Å². The molecule has 0 spiro atoms. The number of amides is 1. The van der Waals surface area contributed by atoms with E-state index < -0.39 is 10.0 Å². The van der Waals surface area contributed by atoms with Gasteiger partial charge in [-0.15, -0.1) is 0 Å². The van der Waals surface area contributed by atoms with Gasteiger partial charge in [-0.25, -0.2) is 13.1 Å². The molecule has 0 saturated heterocycles. The molecule has 0 unspecified atom stereocenters. The molecule has 1 N–H and O–H groups in total. The summed E-state index contributed by atoms with van der Waals surface area (Å²) >= 11 is 0. The van der Waals surface area contributed by atoms with Crippen molar-refractivity contribution in [2.24, 2.45) is 0 Å². The predicted octanol–water partition coefficient (Wildman–Crippen LogP) is 1.86. The molecule has 0 aromatic heterocycles. The summed E-state index contributed by atoms with van der Waals surface area (Å²) in [6.07, 6.45) is 0.720. The van der Waals surface area contributed by atoms with Crippen LogP contribution >= 0.6 is 0 Å². The summed E-state index contributed by atoms with van der Waals surface area (Å²) in [5, 5.41) is 0. The topological polar surface area (TPSA) is 66.5 Å². The summed E-state index contributed by atoms with van der Waals surface area (Å²) in [5.41, 5.74) is 0.396. The largest absolute Gasteiger partial charge is 0.339 e. The first-order chi connectivity index (χ1) is 9.46. The Morgan fingerprint density at radius 2 is 1.85 bits per heavy atom. The molecule has 1 amide bonds. The van der Waals surface area contributed by atoms with Gasteiger partial charge in [0.1, 0.15) is 0 Å². The standard InChI is InChI=1S/C14H22N2O3S/c1-4-10-15-20(18,19)13-9-7-8-12(11-13)14(17)16(5-2)6-3/h7-9,11,15H,4-6,10H2,1-3H3. The van der Waals surface area contributed by atoms with Crippen LogP contribution in [0.4, 0.5) is 0 Å². The number of rotatable bonds is 7. The van der Waals surface area contributed by atoms with E-state index >= 15 is 0 Å². The van der Waals surface area contributed by atoms with Gasteiger partial charge >= 0.3 is 0 Å². The van der Waals surface area contributed by atoms with Crippen molar-refractivity contribution >= 4 is 15.9 Å². The SMILES string of the molecule is CCCNS(=O)(=O)c1cccc(C(=O)N(CC)CC)c1. The van der Waals surface area contributed by atoms with Crippen molar-refractivity contribution < 1.29 is 13.2 Å². The number of nitrogens with one attached hydrogen (secondary N) is 1. The van der Waals surface area contributed by atoms with Crippen LogP contribution in [0, 0.1) is 0 Å². The maximum Gasteiger partial charge on any atom is 0.253 e. The van der Waals surface area contributed by atoms with Gasteiger partial charge in [0, 0.05) is 25.2 Å². The number of benzene rings is 1. The van der Waals surface area contributed by atoms with Gasteiger partial charge in [0.25, 0.3) is 5.91 Å². The second-order valence-corrected chi connectivity index (χ2v) is 6.17. The number of hydrogen-bond acceptors (Lipinski definition) is 3. The third kappa shape index (κ3) is 4.05. The van der Waals surface area contributed by atoms with E-state index in [1.165, 1.54) is 12.1 Å². The van der Waals surface area contributed by atoms with E-state index in [9.17, 15) is 13.2 Å². The lowest BCUT2D eigenvalue weighted by Gasteiger charge is -2.18. The molecule has 20 heavy (non-hydrogen) atoms. The summed E-state index contributed by atoms with van der Waals surface area (Å²) in [4.78, 5) is 14.0. The molecule has 0 fully saturated rings. The Labute approximate surface area is 121 Å². The van der Waals surface area contributed by atoms with E-state index in [0.717, 1.165) is 6.42 Å². The Balaban J connectivity index is 3.05. The highest BCUT2D eigenvalue weighted by molar-refractivity contribution is 7.89. The zero-order valence-electron chi connectivity index (χ0n) is 12.2. The highest BCUT2D eigenvalue weighted by Gasteiger charge is 2.17. The van der Waals surface area contributed by atoms with Gasteiger partial charge in [0.15, 0.2) is 0 Å². The molecule has 1 rings (SSSR count). The minimum atomic E-state index is -3.54. The van der Waals surface area contributed by atoms with Gasteiger partial charge in [0.2, 0.25) is 10.0 Å². The van der Waals surface area contributed by atoms with Crippen LogP contribution in [0.2, 0.25) is 0 Å². The number of hydrogen-bond donors (Lipinski definition) is 1. The van der Waals surface area contributed by atoms with E-state index in [0.29, 0.717) is 25.2 Å². The van der Waals surface area contributed by atoms with Gasteiger partial charge in [-0.2, -0.15) is 0 Å². The third-order valence-corrected chi connectivity index (χ3v) is 4.44. The summed E-state index contributed by atoms with van der Waals surface area (Å²) in [5.74, 6) is -0.150. The Kier molecular flexibility index (Phi) is 6.16. The highest BCUT2D eigenvalue weighted by atomic mass is 32.2. The number of carbonyl (C=O) groups excluding carboxylic acids is 1. The highest BCUT2D eigenvalue weighted by Crippen LogP contribution is 2.13. The van der Waals surface area contributed by atoms with Gasteiger partial charge in [0.05, 0.1) is 4.90 Å². The Hall–Kier alpha value is -1.40. The average molecular weight is 298 g/mol. The van der Waals surface area contributed by atoms with Crippen molar-refractivity contribution in [1.29, 1.82) is 0 Å². The van der Waals surface area contributed by atoms with Crippen LogP contribution in [-0.2, 0) is 10.0 Å². The van der Waals surface area contributed by atoms with Gasteiger partial charge in [-0.3, -0.25) is 4.79 Å². The van der Waals surface area contributed by atoms with Crippen molar-refractivity contribution in [3.8, 4) is 0 Å². The molecule has 1 aromatic rings. The molecule has 0 bridgehead atoms. The maximum atomic E-state index is 12.2. The van der Waals surface area contributed by atoms with Crippen LogP contribution in [0.1, 0.15) is 37.6 Å². The van der Waals surface area contributed by atoms with Crippen molar-refractivity contribution in [1.82, 2.24) is 9.62 Å². The van der Waals surface area contributed by atoms with E-state index in [4.69, 9.17) is 0 Å². The Morgan fingerprint density at radius 3 is 2.40 bits per heavy atom. The summed E-state index contributed by atoms with van der Waals surface area (Å²) in [6, 6.07) is 6.16. The van der Waals surface area contributed by atoms with E-state index in [1.54, 1.807) is 17.0 Å². The van der Waals surface area contributed by atoms with Gasteiger partial charge in [-0.1, -0.05) is 13.0 Å². The van der Waals surface area contributed by atoms with Crippen molar-refractivity contribution in [2.75, 3.05) is 19.6 Å². The van der Waals surface area contributed by atoms with Crippen LogP contribution in [0.3, 0.4) is 0 Å². The fourth-order valence-electron chi connectivity index (χ4n) is 1.81. The lowest BCUT2D eigenvalue weighted by molar-refractivity contribution is 0.0772. The second kappa shape index (κ2) is 7.40. The molecule has 112 valence electrons. The Morgan fingerprint density at radius 1 is 1.20 bits per heavy atom. The lowest BCUT2D eigenvalue weighted by atomic mass is 10.2. The quantitative estimate of drug-likeness (QED) is 0.835. The number of nitrogens with zero attached hydrogens (tertiary/aromatic N) is 1. The van der Waals surface area contributed by atoms with E-state index in [-0.39, 0.29) is 10.8 Å². The van der Waals surface area contributed by atoms with Crippen molar-refractivity contribution in [3.63, 3.8) is 0 Å². The normalized spacial score (nSPS) is 11.3. The number of carbonyl (C=O) groups is 1. The first-order valence-electron chi connectivity index (χ1n) is 6.85. The minimum absolute atomic E-state index is 0.129. The fraction of sp³-hybridized carbons (Fsp3) is 0.500. The molecule has 5 nitrogen and oxygen atoms in total. The summed E-state index contributed by atoms with van der Waals surface area (Å²) in [6.45, 7) is 7.26. The first kappa shape index (κ1) is 16.7. The number of sulfonamides is 1. The van der Waals surface area contributed by atoms with E-state index in [1.807, 2.05) is 20.8 Å². The average Bonchev–Trinajstić information content (AvgIpc) is 2.46. The molecule has 0 atom stereocenters. The van der Waals surface area contributed by atoms with Crippen LogP contribution in [0.25, 0.3) is 0 Å². The fourth-order valence-corrected chi connectivity index (χ4v) is 2.99. The monoisotopic (exact) mass is 298 g/mol. The van der Waals surface area contributed by atoms with Gasteiger partial charge < -0.3 is 4.90 Å².